The fourth-order valence-electron chi connectivity index (χ4n) is 24.7. The van der Waals surface area contributed by atoms with Crippen molar-refractivity contribution >= 4 is 5.97 Å². The second kappa shape index (κ2) is 8.48. The third-order valence-electron chi connectivity index (χ3n) is 23.9. The molecule has 0 radical (unpaired) electrons. The number of carbonyl (C=O) groups excluding carboxylic acids is 1. The first kappa shape index (κ1) is 28.5. The van der Waals surface area contributed by atoms with Crippen molar-refractivity contribution < 1.29 is 9.53 Å². The monoisotopic (exact) mass is 720 g/mol. The second-order valence-corrected chi connectivity index (χ2v) is 23.3. The maximum Gasteiger partial charge on any atom is 0.310 e. The summed E-state index contributed by atoms with van der Waals surface area (Å²) in [7, 11) is 0. The Bertz CT molecular complexity index is 2310. The van der Waals surface area contributed by atoms with Gasteiger partial charge in [-0.3, -0.25) is 4.79 Å². The van der Waals surface area contributed by atoms with E-state index in [9.17, 15) is 4.79 Å². The van der Waals surface area contributed by atoms with Crippen LogP contribution in [0.15, 0.2) is 102 Å². The zero-order chi connectivity index (χ0) is 34.9. The van der Waals surface area contributed by atoms with Gasteiger partial charge in [-0.15, -0.1) is 0 Å². The van der Waals surface area contributed by atoms with Crippen molar-refractivity contribution in [2.24, 2.45) is 166 Å². The summed E-state index contributed by atoms with van der Waals surface area (Å²) in [6, 6.07) is 12.1. The first-order valence-electron chi connectivity index (χ1n) is 23.6. The summed E-state index contributed by atoms with van der Waals surface area (Å²) < 4.78 is 5.34. The molecule has 17 aliphatic carbocycles. The van der Waals surface area contributed by atoms with Crippen molar-refractivity contribution in [3.63, 3.8) is 0 Å². The second-order valence-electron chi connectivity index (χ2n) is 23.3. The summed E-state index contributed by atoms with van der Waals surface area (Å²) in [4.78, 5) is 12.9. The molecule has 11 saturated carbocycles. The van der Waals surface area contributed by atoms with Crippen LogP contribution in [0.5, 0.6) is 0 Å². The quantitative estimate of drug-likeness (QED) is 0.166. The summed E-state index contributed by atoms with van der Waals surface area (Å²) in [5, 5.41) is 0. The molecule has 29 unspecified atom stereocenters. The smallest absolute Gasteiger partial charge is 0.310 e. The molecule has 2 nitrogen and oxygen atoms in total. The molecule has 1 aromatic rings. The van der Waals surface area contributed by atoms with E-state index >= 15 is 0 Å². The van der Waals surface area contributed by atoms with Crippen LogP contribution in [-0.4, -0.2) is 5.97 Å². The molecule has 0 N–H and O–H groups in total. The molecule has 0 saturated heterocycles. The molecule has 55 heavy (non-hydrogen) atoms. The zero-order valence-electron chi connectivity index (χ0n) is 31.7. The lowest BCUT2D eigenvalue weighted by Crippen LogP contribution is -2.56. The molecule has 0 bridgehead atoms. The van der Waals surface area contributed by atoms with Crippen molar-refractivity contribution in [1.82, 2.24) is 0 Å². The number of fused-ring (bicyclic) bond motifs is 8. The lowest BCUT2D eigenvalue weighted by molar-refractivity contribution is -0.138. The molecular formula is C53H52O2. The standard InChI is InChI=1S/C53H52O2/c1-2-55-28(54)9-6-18-53(19-7-4-3-5-8-19)51-37-26-16-14-24-22-12-10-20-21-11-13-23-25-15-17-27-36-34(25)41-32(23)30(21)39-29(20)31(22)40-33(24)35(26)42-44(37)45(38(27)52(51)53)43(36)50-48(41)46(39)47(40)49(42)50/h2-5,7-8,10-14,16,20-27,29-38,41-45,48-52H,1,6,9,15,17-18H2. The van der Waals surface area contributed by atoms with Gasteiger partial charge in [-0.1, -0.05) is 84.5 Å². The number of ether oxygens (including phenoxy) is 1. The number of hydrogen-bond donors (Lipinski definition) is 0. The minimum absolute atomic E-state index is 0.0869. The maximum atomic E-state index is 12.9. The van der Waals surface area contributed by atoms with Crippen LogP contribution in [0.2, 0.25) is 0 Å². The van der Waals surface area contributed by atoms with E-state index in [1.54, 1.807) is 5.56 Å². The van der Waals surface area contributed by atoms with E-state index in [0.29, 0.717) is 6.42 Å². The Morgan fingerprint density at radius 3 is 1.87 bits per heavy atom. The third-order valence-corrected chi connectivity index (χ3v) is 23.9. The molecule has 0 aliphatic heterocycles. The molecule has 0 amide bonds. The van der Waals surface area contributed by atoms with E-state index in [0.717, 1.165) is 179 Å². The lowest BCUT2D eigenvalue weighted by atomic mass is 9.44. The average molecular weight is 721 g/mol. The molecule has 29 atom stereocenters. The molecule has 0 aromatic heterocycles. The Hall–Kier alpha value is -2.87. The van der Waals surface area contributed by atoms with Gasteiger partial charge in [0.25, 0.3) is 0 Å². The van der Waals surface area contributed by atoms with Crippen LogP contribution in [-0.2, 0) is 14.9 Å². The van der Waals surface area contributed by atoms with E-state index in [-0.39, 0.29) is 11.4 Å². The zero-order valence-corrected chi connectivity index (χ0v) is 31.7. The lowest BCUT2D eigenvalue weighted by Gasteiger charge is -2.60. The summed E-state index contributed by atoms with van der Waals surface area (Å²) >= 11 is 0. The van der Waals surface area contributed by atoms with Gasteiger partial charge in [0.15, 0.2) is 0 Å². The number of rotatable bonds is 6. The molecule has 18 rings (SSSR count). The van der Waals surface area contributed by atoms with E-state index in [1.165, 1.54) is 19.1 Å². The molecule has 11 fully saturated rings. The highest BCUT2D eigenvalue weighted by atomic mass is 16.5. The normalized spacial score (nSPS) is 66.1. The molecular weight excluding hydrogens is 669 g/mol. The van der Waals surface area contributed by atoms with Crippen molar-refractivity contribution in [2.75, 3.05) is 0 Å². The van der Waals surface area contributed by atoms with Gasteiger partial charge in [0.05, 0.1) is 6.26 Å². The third kappa shape index (κ3) is 2.48. The van der Waals surface area contributed by atoms with Gasteiger partial charge < -0.3 is 4.74 Å². The molecule has 2 heteroatoms. The minimum atomic E-state index is -0.0869. The highest BCUT2D eigenvalue weighted by molar-refractivity contribution is 5.70. The predicted octanol–water partition coefficient (Wildman–Crippen LogP) is 9.31. The Kier molecular flexibility index (Phi) is 4.39. The molecule has 0 spiro atoms. The highest BCUT2D eigenvalue weighted by Crippen LogP contribution is 2.93. The Morgan fingerprint density at radius 1 is 0.582 bits per heavy atom. The SMILES string of the molecule is C=COC(=O)CCCC1(c2ccccc2)C2C3C4C=CC5C6C=CC7C8C=CC9C%10CCC%11C%12C%10C%10C%13C%14=C(C7C6C6=C%14C7C%13C%12C(C3C7C4C65)C%11C21)C8C9%10. The van der Waals surface area contributed by atoms with E-state index in [2.05, 4.69) is 95.7 Å². The predicted molar refractivity (Wildman–Crippen MR) is 207 cm³/mol. The summed E-state index contributed by atoms with van der Waals surface area (Å²) in [5.41, 5.74) is 10.5. The van der Waals surface area contributed by atoms with Crippen molar-refractivity contribution in [3.8, 4) is 0 Å². The van der Waals surface area contributed by atoms with Gasteiger partial charge in [-0.2, -0.15) is 0 Å². The van der Waals surface area contributed by atoms with Crippen LogP contribution < -0.4 is 0 Å². The molecule has 1 aromatic carbocycles. The van der Waals surface area contributed by atoms with Gasteiger partial charge in [-0.05, 0) is 208 Å². The van der Waals surface area contributed by atoms with Gasteiger partial charge in [0, 0.05) is 11.8 Å². The van der Waals surface area contributed by atoms with E-state index in [4.69, 9.17) is 4.74 Å². The Morgan fingerprint density at radius 2 is 1.15 bits per heavy atom. The summed E-state index contributed by atoms with van der Waals surface area (Å²) in [6.07, 6.45) is 24.4. The van der Waals surface area contributed by atoms with Gasteiger partial charge in [-0.25, -0.2) is 0 Å². The summed E-state index contributed by atoms with van der Waals surface area (Å²) in [6.45, 7) is 3.71. The topological polar surface area (TPSA) is 26.3 Å². The average Bonchev–Trinajstić information content (AvgIpc) is 3.82. The van der Waals surface area contributed by atoms with Crippen LogP contribution in [0.1, 0.15) is 37.7 Å². The van der Waals surface area contributed by atoms with Crippen LogP contribution in [0.3, 0.4) is 0 Å². The fraction of sp³-hybridized carbons (Fsp3) is 0.642. The number of hydrogen-bond acceptors (Lipinski definition) is 2. The molecule has 17 aliphatic rings. The number of esters is 1. The van der Waals surface area contributed by atoms with Crippen molar-refractivity contribution in [2.45, 2.75) is 37.5 Å². The van der Waals surface area contributed by atoms with Gasteiger partial charge in [0.1, 0.15) is 0 Å². The minimum Gasteiger partial charge on any atom is -0.435 e. The van der Waals surface area contributed by atoms with Gasteiger partial charge >= 0.3 is 5.97 Å². The van der Waals surface area contributed by atoms with E-state index < -0.39 is 0 Å². The number of allylic oxidation sites excluding steroid dienone is 10. The van der Waals surface area contributed by atoms with Crippen molar-refractivity contribution in [3.05, 3.63) is 107 Å². The first-order valence-corrected chi connectivity index (χ1v) is 23.6. The van der Waals surface area contributed by atoms with Crippen molar-refractivity contribution in [1.29, 1.82) is 0 Å². The van der Waals surface area contributed by atoms with Crippen LogP contribution in [0.25, 0.3) is 0 Å². The van der Waals surface area contributed by atoms with Crippen LogP contribution >= 0.6 is 0 Å². The van der Waals surface area contributed by atoms with Crippen LogP contribution in [0.4, 0.5) is 0 Å². The maximum absolute atomic E-state index is 12.9. The number of benzene rings is 1. The fourth-order valence-corrected chi connectivity index (χ4v) is 24.7. The Labute approximate surface area is 325 Å². The largest absolute Gasteiger partial charge is 0.435 e. The first-order chi connectivity index (χ1) is 27.2. The Balaban J connectivity index is 0.926. The number of carbonyl (C=O) groups is 1. The molecule has 276 valence electrons. The van der Waals surface area contributed by atoms with Gasteiger partial charge in [0.2, 0.25) is 0 Å². The van der Waals surface area contributed by atoms with Crippen LogP contribution in [0, 0.1) is 166 Å². The summed E-state index contributed by atoms with van der Waals surface area (Å²) in [5.74, 6) is 24.7. The molecule has 0 heterocycles. The highest BCUT2D eigenvalue weighted by Gasteiger charge is 2.89. The van der Waals surface area contributed by atoms with E-state index in [1.807, 2.05) is 0 Å².